The van der Waals surface area contributed by atoms with Crippen LogP contribution in [-0.2, 0) is 19.0 Å². The summed E-state index contributed by atoms with van der Waals surface area (Å²) in [6, 6.07) is 3.46. The summed E-state index contributed by atoms with van der Waals surface area (Å²) in [5, 5.41) is -0.417. The lowest BCUT2D eigenvalue weighted by molar-refractivity contribution is 0.108. The fourth-order valence-corrected chi connectivity index (χ4v) is 0.953. The normalized spacial score (nSPS) is 9.33. The van der Waals surface area contributed by atoms with Crippen molar-refractivity contribution in [3.8, 4) is 0 Å². The SMILES string of the molecule is C=CCc1ccc(C(=O)[S-])nc1. The van der Waals surface area contributed by atoms with Gasteiger partial charge in [0.25, 0.3) is 0 Å². The number of nitrogens with zero attached hydrogens (tertiary/aromatic N) is 1. The second-order valence-electron chi connectivity index (χ2n) is 2.33. The first-order valence-electron chi connectivity index (χ1n) is 3.51. The van der Waals surface area contributed by atoms with Gasteiger partial charge >= 0.3 is 0 Å². The summed E-state index contributed by atoms with van der Waals surface area (Å²) in [5.41, 5.74) is 1.36. The predicted octanol–water partition coefficient (Wildman–Crippen LogP) is 1.50. The summed E-state index contributed by atoms with van der Waals surface area (Å²) in [6.45, 7) is 3.60. The molecule has 0 radical (unpaired) electrons. The monoisotopic (exact) mass is 178 g/mol. The third-order valence-electron chi connectivity index (χ3n) is 1.41. The average Bonchev–Trinajstić information content (AvgIpc) is 2.06. The molecule has 0 amide bonds. The van der Waals surface area contributed by atoms with Gasteiger partial charge in [-0.3, -0.25) is 4.98 Å². The second kappa shape index (κ2) is 3.97. The summed E-state index contributed by atoms with van der Waals surface area (Å²) in [6.07, 6.45) is 4.19. The van der Waals surface area contributed by atoms with Crippen LogP contribution < -0.4 is 0 Å². The van der Waals surface area contributed by atoms with Gasteiger partial charge < -0.3 is 17.4 Å². The number of allylic oxidation sites excluding steroid dienone is 1. The summed E-state index contributed by atoms with van der Waals surface area (Å²) >= 11 is 4.43. The molecular weight excluding hydrogens is 170 g/mol. The van der Waals surface area contributed by atoms with Gasteiger partial charge in [-0.25, -0.2) is 0 Å². The molecule has 0 bridgehead atoms. The van der Waals surface area contributed by atoms with Crippen molar-refractivity contribution in [3.63, 3.8) is 0 Å². The van der Waals surface area contributed by atoms with Gasteiger partial charge in [-0.15, -0.1) is 6.58 Å². The van der Waals surface area contributed by atoms with Gasteiger partial charge in [0, 0.05) is 6.20 Å². The van der Waals surface area contributed by atoms with Crippen molar-refractivity contribution in [2.24, 2.45) is 0 Å². The molecule has 12 heavy (non-hydrogen) atoms. The van der Waals surface area contributed by atoms with Crippen LogP contribution in [0.1, 0.15) is 16.1 Å². The molecule has 62 valence electrons. The van der Waals surface area contributed by atoms with Gasteiger partial charge in [0.2, 0.25) is 0 Å². The van der Waals surface area contributed by atoms with Crippen molar-refractivity contribution in [2.45, 2.75) is 6.42 Å². The molecule has 1 aromatic heterocycles. The van der Waals surface area contributed by atoms with Gasteiger partial charge in [0.15, 0.2) is 0 Å². The second-order valence-corrected chi connectivity index (χ2v) is 2.70. The van der Waals surface area contributed by atoms with E-state index in [0.29, 0.717) is 5.69 Å². The molecule has 3 heteroatoms. The molecule has 0 N–H and O–H groups in total. The lowest BCUT2D eigenvalue weighted by atomic mass is 10.2. The summed E-state index contributed by atoms with van der Waals surface area (Å²) < 4.78 is 0. The standard InChI is InChI=1S/C9H9NOS/c1-2-3-7-4-5-8(9(11)12)10-6-7/h2,4-6H,1,3H2,(H,11,12)/p-1. The van der Waals surface area contributed by atoms with Crippen molar-refractivity contribution in [2.75, 3.05) is 0 Å². The molecule has 0 saturated heterocycles. The topological polar surface area (TPSA) is 30.0 Å². The maximum atomic E-state index is 10.6. The maximum absolute atomic E-state index is 10.6. The Morgan fingerprint density at radius 2 is 2.42 bits per heavy atom. The average molecular weight is 178 g/mol. The van der Waals surface area contributed by atoms with Crippen molar-refractivity contribution >= 4 is 17.7 Å². The molecule has 0 spiro atoms. The van der Waals surface area contributed by atoms with Gasteiger partial charge in [-0.05, 0) is 18.1 Å². The minimum Gasteiger partial charge on any atom is -0.735 e. The number of carbonyl (C=O) groups excluding carboxylic acids is 1. The molecule has 1 aromatic rings. The van der Waals surface area contributed by atoms with Crippen LogP contribution in [-0.4, -0.2) is 10.1 Å². The van der Waals surface area contributed by atoms with Crippen LogP contribution in [0.2, 0.25) is 0 Å². The zero-order chi connectivity index (χ0) is 8.97. The van der Waals surface area contributed by atoms with Crippen LogP contribution in [0.25, 0.3) is 0 Å². The fraction of sp³-hybridized carbons (Fsp3) is 0.111. The Balaban J connectivity index is 2.85. The zero-order valence-corrected chi connectivity index (χ0v) is 7.30. The molecule has 0 aliphatic rings. The molecule has 0 atom stereocenters. The minimum atomic E-state index is -0.417. The van der Waals surface area contributed by atoms with E-state index in [0.717, 1.165) is 12.0 Å². The van der Waals surface area contributed by atoms with E-state index in [4.69, 9.17) is 0 Å². The smallest absolute Gasteiger partial charge is 0.0828 e. The third kappa shape index (κ3) is 2.13. The Hall–Kier alpha value is -1.22. The van der Waals surface area contributed by atoms with Crippen LogP contribution in [0.15, 0.2) is 31.0 Å². The first-order valence-corrected chi connectivity index (χ1v) is 3.92. The molecular formula is C9H8NOS-. The molecule has 0 saturated carbocycles. The Morgan fingerprint density at radius 1 is 1.67 bits per heavy atom. The van der Waals surface area contributed by atoms with E-state index in [1.807, 2.05) is 6.07 Å². The summed E-state index contributed by atoms with van der Waals surface area (Å²) in [5.74, 6) is 0. The number of hydrogen-bond donors (Lipinski definition) is 0. The zero-order valence-electron chi connectivity index (χ0n) is 6.49. The van der Waals surface area contributed by atoms with Gasteiger partial charge in [0.05, 0.1) is 10.8 Å². The summed E-state index contributed by atoms with van der Waals surface area (Å²) in [4.78, 5) is 14.5. The first kappa shape index (κ1) is 8.87. The number of rotatable bonds is 3. The van der Waals surface area contributed by atoms with E-state index in [1.54, 1.807) is 18.3 Å². The van der Waals surface area contributed by atoms with Crippen molar-refractivity contribution in [1.82, 2.24) is 4.98 Å². The van der Waals surface area contributed by atoms with Crippen LogP contribution in [0, 0.1) is 0 Å². The lowest BCUT2D eigenvalue weighted by Crippen LogP contribution is -1.97. The fourth-order valence-electron chi connectivity index (χ4n) is 0.833. The minimum absolute atomic E-state index is 0.331. The molecule has 0 unspecified atom stereocenters. The summed E-state index contributed by atoms with van der Waals surface area (Å²) in [7, 11) is 0. The highest BCUT2D eigenvalue weighted by atomic mass is 32.1. The Morgan fingerprint density at radius 3 is 2.83 bits per heavy atom. The van der Waals surface area contributed by atoms with Gasteiger partial charge in [-0.1, -0.05) is 12.1 Å². The van der Waals surface area contributed by atoms with Crippen LogP contribution in [0.4, 0.5) is 0 Å². The predicted molar refractivity (Wildman–Crippen MR) is 49.8 cm³/mol. The van der Waals surface area contributed by atoms with E-state index in [2.05, 4.69) is 24.2 Å². The maximum Gasteiger partial charge on any atom is 0.0828 e. The van der Waals surface area contributed by atoms with Crippen molar-refractivity contribution in [1.29, 1.82) is 0 Å². The van der Waals surface area contributed by atoms with E-state index >= 15 is 0 Å². The van der Waals surface area contributed by atoms with E-state index in [9.17, 15) is 4.79 Å². The largest absolute Gasteiger partial charge is 0.735 e. The quantitative estimate of drug-likeness (QED) is 0.519. The Labute approximate surface area is 76.7 Å². The molecule has 0 aliphatic heterocycles. The van der Waals surface area contributed by atoms with E-state index in [-0.39, 0.29) is 0 Å². The van der Waals surface area contributed by atoms with Gasteiger partial charge in [0.1, 0.15) is 0 Å². The Bertz CT molecular complexity index is 292. The first-order chi connectivity index (χ1) is 5.74. The highest BCUT2D eigenvalue weighted by Gasteiger charge is 1.93. The van der Waals surface area contributed by atoms with Crippen molar-refractivity contribution < 1.29 is 4.79 Å². The van der Waals surface area contributed by atoms with Crippen LogP contribution in [0.5, 0.6) is 0 Å². The molecule has 0 aromatic carbocycles. The highest BCUT2D eigenvalue weighted by Crippen LogP contribution is 2.01. The number of pyridine rings is 1. The molecule has 0 fully saturated rings. The number of carbonyl (C=O) groups is 1. The van der Waals surface area contributed by atoms with Crippen LogP contribution in [0.3, 0.4) is 0 Å². The molecule has 1 rings (SSSR count). The van der Waals surface area contributed by atoms with Crippen molar-refractivity contribution in [3.05, 3.63) is 42.2 Å². The third-order valence-corrected chi connectivity index (χ3v) is 1.62. The number of aromatic nitrogens is 1. The number of hydrogen-bond acceptors (Lipinski definition) is 3. The van der Waals surface area contributed by atoms with Gasteiger partial charge in [-0.2, -0.15) is 0 Å². The van der Waals surface area contributed by atoms with E-state index < -0.39 is 5.12 Å². The molecule has 0 aliphatic carbocycles. The highest BCUT2D eigenvalue weighted by molar-refractivity contribution is 7.77. The Kier molecular flexibility index (Phi) is 2.94. The van der Waals surface area contributed by atoms with E-state index in [1.165, 1.54) is 0 Å². The lowest BCUT2D eigenvalue weighted by Gasteiger charge is -2.02. The molecule has 1 heterocycles. The van der Waals surface area contributed by atoms with Crippen LogP contribution >= 0.6 is 0 Å². The molecule has 2 nitrogen and oxygen atoms in total.